The molecule has 1 saturated carbocycles. The fraction of sp³-hybridized carbons (Fsp3) is 0.625. The molecule has 0 saturated heterocycles. The molecule has 1 aromatic rings. The second kappa shape index (κ2) is 6.68. The molecule has 0 aliphatic heterocycles. The number of rotatable bonds is 7. The third kappa shape index (κ3) is 3.56. The van der Waals surface area contributed by atoms with Gasteiger partial charge in [0.2, 0.25) is 0 Å². The minimum atomic E-state index is 0.515. The second-order valence-corrected chi connectivity index (χ2v) is 6.63. The van der Waals surface area contributed by atoms with E-state index in [1.165, 1.54) is 43.8 Å². The van der Waals surface area contributed by atoms with Crippen LogP contribution in [0.3, 0.4) is 0 Å². The van der Waals surface area contributed by atoms with E-state index in [4.69, 9.17) is 4.52 Å². The average molecular weight is 264 g/mol. The monoisotopic (exact) mass is 264 g/mol. The van der Waals surface area contributed by atoms with Gasteiger partial charge in [-0.3, -0.25) is 0 Å². The van der Waals surface area contributed by atoms with Crippen LogP contribution in [0, 0.1) is 5.41 Å². The van der Waals surface area contributed by atoms with Gasteiger partial charge in [0, 0.05) is 8.81 Å². The summed E-state index contributed by atoms with van der Waals surface area (Å²) in [4.78, 5) is 0. The topological polar surface area (TPSA) is 9.23 Å². The maximum absolute atomic E-state index is 6.04. The lowest BCUT2D eigenvalue weighted by Gasteiger charge is -2.47. The zero-order valence-electron chi connectivity index (χ0n) is 11.6. The van der Waals surface area contributed by atoms with Gasteiger partial charge in [-0.1, -0.05) is 57.0 Å². The van der Waals surface area contributed by atoms with Crippen LogP contribution in [0.5, 0.6) is 0 Å². The van der Waals surface area contributed by atoms with Crippen molar-refractivity contribution < 1.29 is 4.52 Å². The van der Waals surface area contributed by atoms with Crippen molar-refractivity contribution in [2.75, 3.05) is 0 Å². The van der Waals surface area contributed by atoms with Crippen LogP contribution >= 0.6 is 8.81 Å². The van der Waals surface area contributed by atoms with Crippen molar-refractivity contribution in [3.05, 3.63) is 30.3 Å². The summed E-state index contributed by atoms with van der Waals surface area (Å²) >= 11 is 0. The van der Waals surface area contributed by atoms with Gasteiger partial charge in [-0.25, -0.2) is 0 Å². The highest BCUT2D eigenvalue weighted by Crippen LogP contribution is 2.51. The molecule has 1 atom stereocenters. The molecule has 100 valence electrons. The fourth-order valence-corrected chi connectivity index (χ4v) is 4.04. The van der Waals surface area contributed by atoms with Gasteiger partial charge in [-0.2, -0.15) is 0 Å². The molecule has 0 radical (unpaired) electrons. The Morgan fingerprint density at radius 2 is 1.72 bits per heavy atom. The Kier molecular flexibility index (Phi) is 5.21. The molecule has 0 spiro atoms. The molecule has 2 rings (SSSR count). The molecular formula is C16H25OP. The van der Waals surface area contributed by atoms with Crippen LogP contribution < -0.4 is 5.30 Å². The van der Waals surface area contributed by atoms with Gasteiger partial charge in [0.15, 0.2) is 0 Å². The summed E-state index contributed by atoms with van der Waals surface area (Å²) in [5.41, 5.74) is 0.620. The SMILES string of the molecule is CCCC1(CCC)CC(OPc2ccccc2)C1. The summed E-state index contributed by atoms with van der Waals surface area (Å²) < 4.78 is 6.04. The van der Waals surface area contributed by atoms with Crippen molar-refractivity contribution in [1.29, 1.82) is 0 Å². The smallest absolute Gasteiger partial charge is 0.0629 e. The van der Waals surface area contributed by atoms with E-state index in [0.29, 0.717) is 20.3 Å². The van der Waals surface area contributed by atoms with Crippen molar-refractivity contribution in [3.63, 3.8) is 0 Å². The van der Waals surface area contributed by atoms with Crippen LogP contribution in [0.25, 0.3) is 0 Å². The predicted octanol–water partition coefficient (Wildman–Crippen LogP) is 4.67. The van der Waals surface area contributed by atoms with E-state index in [9.17, 15) is 0 Å². The molecule has 0 heterocycles. The summed E-state index contributed by atoms with van der Waals surface area (Å²) in [6.45, 7) is 4.61. The standard InChI is InChI=1S/C16H25OP/c1-3-10-16(11-4-2)12-14(13-16)17-18-15-8-6-5-7-9-15/h5-9,14,18H,3-4,10-13H2,1-2H3. The Morgan fingerprint density at radius 1 is 1.11 bits per heavy atom. The second-order valence-electron chi connectivity index (χ2n) is 5.62. The Bertz CT molecular complexity index is 335. The van der Waals surface area contributed by atoms with Gasteiger partial charge in [-0.15, -0.1) is 0 Å². The fourth-order valence-electron chi connectivity index (χ4n) is 3.24. The highest BCUT2D eigenvalue weighted by Gasteiger charge is 2.43. The van der Waals surface area contributed by atoms with Gasteiger partial charge >= 0.3 is 0 Å². The van der Waals surface area contributed by atoms with Gasteiger partial charge in [0.1, 0.15) is 0 Å². The van der Waals surface area contributed by atoms with E-state index >= 15 is 0 Å². The minimum Gasteiger partial charge on any atom is -0.354 e. The molecule has 0 aromatic heterocycles. The van der Waals surface area contributed by atoms with Crippen LogP contribution in [0.2, 0.25) is 0 Å². The van der Waals surface area contributed by atoms with Crippen molar-refractivity contribution in [1.82, 2.24) is 0 Å². The van der Waals surface area contributed by atoms with E-state index in [2.05, 4.69) is 44.2 Å². The van der Waals surface area contributed by atoms with Gasteiger partial charge in [0.25, 0.3) is 0 Å². The first-order valence-corrected chi connectivity index (χ1v) is 8.15. The summed E-state index contributed by atoms with van der Waals surface area (Å²) in [5, 5.41) is 1.32. The first-order valence-electron chi connectivity index (χ1n) is 7.25. The molecule has 0 bridgehead atoms. The van der Waals surface area contributed by atoms with Crippen molar-refractivity contribution in [2.45, 2.75) is 58.5 Å². The Labute approximate surface area is 113 Å². The largest absolute Gasteiger partial charge is 0.354 e. The third-order valence-corrected chi connectivity index (χ3v) is 5.02. The Balaban J connectivity index is 1.74. The first-order chi connectivity index (χ1) is 8.78. The van der Waals surface area contributed by atoms with Crippen molar-refractivity contribution >= 4 is 14.1 Å². The minimum absolute atomic E-state index is 0.515. The third-order valence-electron chi connectivity index (χ3n) is 4.00. The summed E-state index contributed by atoms with van der Waals surface area (Å²) in [5.74, 6) is 0. The molecule has 1 fully saturated rings. The van der Waals surface area contributed by atoms with E-state index < -0.39 is 0 Å². The number of benzene rings is 1. The molecular weight excluding hydrogens is 239 g/mol. The van der Waals surface area contributed by atoms with E-state index in [-0.39, 0.29) is 0 Å². The van der Waals surface area contributed by atoms with Gasteiger partial charge in [0.05, 0.1) is 6.10 Å². The summed E-state index contributed by atoms with van der Waals surface area (Å²) in [7, 11) is 0.523. The molecule has 0 N–H and O–H groups in total. The highest BCUT2D eigenvalue weighted by atomic mass is 31.1. The molecule has 1 aromatic carbocycles. The van der Waals surface area contributed by atoms with Crippen LogP contribution in [0.1, 0.15) is 52.4 Å². The summed E-state index contributed by atoms with van der Waals surface area (Å²) in [6, 6.07) is 10.5. The lowest BCUT2D eigenvalue weighted by atomic mass is 9.62. The Morgan fingerprint density at radius 3 is 2.28 bits per heavy atom. The first kappa shape index (κ1) is 14.0. The van der Waals surface area contributed by atoms with Crippen LogP contribution in [-0.2, 0) is 4.52 Å². The van der Waals surface area contributed by atoms with Crippen molar-refractivity contribution in [3.8, 4) is 0 Å². The molecule has 18 heavy (non-hydrogen) atoms. The molecule has 1 unspecified atom stereocenters. The summed E-state index contributed by atoms with van der Waals surface area (Å²) in [6.07, 6.45) is 8.48. The van der Waals surface area contributed by atoms with Gasteiger partial charge in [-0.05, 0) is 36.4 Å². The molecule has 1 aliphatic rings. The normalized spacial score (nSPS) is 19.2. The van der Waals surface area contributed by atoms with Crippen LogP contribution in [-0.4, -0.2) is 6.10 Å². The molecule has 1 aliphatic carbocycles. The Hall–Kier alpha value is -0.390. The molecule has 1 nitrogen and oxygen atoms in total. The van der Waals surface area contributed by atoms with E-state index in [1.807, 2.05) is 0 Å². The average Bonchev–Trinajstić information content (AvgIpc) is 2.35. The maximum Gasteiger partial charge on any atom is 0.0629 e. The lowest BCUT2D eigenvalue weighted by molar-refractivity contribution is -0.0193. The van der Waals surface area contributed by atoms with Crippen LogP contribution in [0.15, 0.2) is 30.3 Å². The van der Waals surface area contributed by atoms with E-state index in [0.717, 1.165) is 0 Å². The highest BCUT2D eigenvalue weighted by molar-refractivity contribution is 7.41. The van der Waals surface area contributed by atoms with E-state index in [1.54, 1.807) is 0 Å². The van der Waals surface area contributed by atoms with Gasteiger partial charge < -0.3 is 4.52 Å². The predicted molar refractivity (Wildman–Crippen MR) is 80.7 cm³/mol. The maximum atomic E-state index is 6.04. The lowest BCUT2D eigenvalue weighted by Crippen LogP contribution is -2.41. The quantitative estimate of drug-likeness (QED) is 0.650. The van der Waals surface area contributed by atoms with Crippen LogP contribution in [0.4, 0.5) is 0 Å². The number of hydrogen-bond acceptors (Lipinski definition) is 1. The number of hydrogen-bond donors (Lipinski definition) is 0. The molecule has 0 amide bonds. The zero-order chi connectivity index (χ0) is 12.8. The zero-order valence-corrected chi connectivity index (χ0v) is 12.6. The molecule has 2 heteroatoms. The van der Waals surface area contributed by atoms with Crippen molar-refractivity contribution in [2.24, 2.45) is 5.41 Å².